The van der Waals surface area contributed by atoms with E-state index in [4.69, 9.17) is 0 Å². The van der Waals surface area contributed by atoms with Crippen LogP contribution in [0, 0.1) is 6.92 Å². The standard InChI is InChI=1S/C10H11NO3/c1-6-3-4-9(11-7(2)13)10(14)8(6)5-12/h3-5,14H,1-2H3,(H,11,13). The minimum atomic E-state index is -0.291. The fraction of sp³-hybridized carbons (Fsp3) is 0.200. The summed E-state index contributed by atoms with van der Waals surface area (Å²) < 4.78 is 0. The van der Waals surface area contributed by atoms with Crippen LogP contribution in [0.2, 0.25) is 0 Å². The van der Waals surface area contributed by atoms with E-state index in [0.29, 0.717) is 11.8 Å². The third kappa shape index (κ3) is 1.90. The Labute approximate surface area is 81.6 Å². The largest absolute Gasteiger partial charge is 0.505 e. The maximum absolute atomic E-state index is 10.7. The number of amides is 1. The van der Waals surface area contributed by atoms with E-state index >= 15 is 0 Å². The normalized spacial score (nSPS) is 9.57. The lowest BCUT2D eigenvalue weighted by molar-refractivity contribution is -0.114. The van der Waals surface area contributed by atoms with Gasteiger partial charge in [0.25, 0.3) is 0 Å². The van der Waals surface area contributed by atoms with Gasteiger partial charge in [-0.1, -0.05) is 6.07 Å². The highest BCUT2D eigenvalue weighted by molar-refractivity contribution is 5.94. The first-order chi connectivity index (χ1) is 6.56. The highest BCUT2D eigenvalue weighted by Gasteiger charge is 2.09. The van der Waals surface area contributed by atoms with Crippen LogP contribution < -0.4 is 5.32 Å². The van der Waals surface area contributed by atoms with Crippen LogP contribution in [0.5, 0.6) is 5.75 Å². The lowest BCUT2D eigenvalue weighted by Crippen LogP contribution is -2.06. The number of aromatic hydroxyl groups is 1. The summed E-state index contributed by atoms with van der Waals surface area (Å²) in [6.07, 6.45) is 0.565. The summed E-state index contributed by atoms with van der Waals surface area (Å²) in [6.45, 7) is 3.04. The molecule has 1 amide bonds. The third-order valence-corrected chi connectivity index (χ3v) is 1.86. The smallest absolute Gasteiger partial charge is 0.221 e. The summed E-state index contributed by atoms with van der Waals surface area (Å²) in [4.78, 5) is 21.4. The second-order valence-corrected chi connectivity index (χ2v) is 2.99. The molecule has 0 radical (unpaired) electrons. The summed E-state index contributed by atoms with van der Waals surface area (Å²) in [5, 5.41) is 12.0. The van der Waals surface area contributed by atoms with Crippen molar-refractivity contribution in [1.29, 1.82) is 0 Å². The molecule has 4 nitrogen and oxygen atoms in total. The van der Waals surface area contributed by atoms with Crippen molar-refractivity contribution in [3.05, 3.63) is 23.3 Å². The van der Waals surface area contributed by atoms with Gasteiger partial charge in [-0.15, -0.1) is 0 Å². The summed E-state index contributed by atoms with van der Waals surface area (Å²) in [6, 6.07) is 3.22. The van der Waals surface area contributed by atoms with Crippen molar-refractivity contribution in [2.24, 2.45) is 0 Å². The number of benzene rings is 1. The summed E-state index contributed by atoms with van der Waals surface area (Å²) in [5.41, 5.74) is 1.13. The topological polar surface area (TPSA) is 66.4 Å². The maximum atomic E-state index is 10.7. The molecule has 0 aliphatic rings. The predicted molar refractivity (Wildman–Crippen MR) is 52.5 cm³/mol. The molecule has 0 atom stereocenters. The molecule has 0 aliphatic heterocycles. The van der Waals surface area contributed by atoms with Crippen molar-refractivity contribution in [3.63, 3.8) is 0 Å². The first-order valence-electron chi connectivity index (χ1n) is 4.11. The van der Waals surface area contributed by atoms with Crippen molar-refractivity contribution in [1.82, 2.24) is 0 Å². The van der Waals surface area contributed by atoms with E-state index in [1.165, 1.54) is 6.92 Å². The fourth-order valence-electron chi connectivity index (χ4n) is 1.15. The number of phenolic OH excluding ortho intramolecular Hbond substituents is 1. The zero-order chi connectivity index (χ0) is 10.7. The second-order valence-electron chi connectivity index (χ2n) is 2.99. The van der Waals surface area contributed by atoms with Crippen molar-refractivity contribution in [2.45, 2.75) is 13.8 Å². The van der Waals surface area contributed by atoms with Gasteiger partial charge in [0.15, 0.2) is 6.29 Å². The number of aryl methyl sites for hydroxylation is 1. The van der Waals surface area contributed by atoms with Gasteiger partial charge in [-0.2, -0.15) is 0 Å². The highest BCUT2D eigenvalue weighted by atomic mass is 16.3. The average Bonchev–Trinajstić information content (AvgIpc) is 2.10. The fourth-order valence-corrected chi connectivity index (χ4v) is 1.15. The number of carbonyl (C=O) groups excluding carboxylic acids is 2. The minimum absolute atomic E-state index is 0.185. The SMILES string of the molecule is CC(=O)Nc1ccc(C)c(C=O)c1O. The number of hydrogen-bond acceptors (Lipinski definition) is 3. The average molecular weight is 193 g/mol. The molecule has 1 rings (SSSR count). The van der Waals surface area contributed by atoms with Gasteiger partial charge in [0.05, 0.1) is 11.3 Å². The van der Waals surface area contributed by atoms with Gasteiger partial charge in [-0.05, 0) is 18.6 Å². The Balaban J connectivity index is 3.20. The minimum Gasteiger partial charge on any atom is -0.505 e. The number of nitrogens with one attached hydrogen (secondary N) is 1. The number of anilines is 1. The van der Waals surface area contributed by atoms with E-state index in [-0.39, 0.29) is 22.9 Å². The van der Waals surface area contributed by atoms with Crippen LogP contribution in [0.15, 0.2) is 12.1 Å². The number of rotatable bonds is 2. The maximum Gasteiger partial charge on any atom is 0.221 e. The van der Waals surface area contributed by atoms with E-state index in [1.807, 2.05) is 0 Å². The van der Waals surface area contributed by atoms with Gasteiger partial charge < -0.3 is 10.4 Å². The molecule has 0 heterocycles. The monoisotopic (exact) mass is 193 g/mol. The molecular weight excluding hydrogens is 182 g/mol. The third-order valence-electron chi connectivity index (χ3n) is 1.86. The van der Waals surface area contributed by atoms with Crippen LogP contribution in [0.4, 0.5) is 5.69 Å². The molecule has 0 saturated carbocycles. The van der Waals surface area contributed by atoms with Crippen LogP contribution in [0.25, 0.3) is 0 Å². The van der Waals surface area contributed by atoms with E-state index < -0.39 is 0 Å². The molecule has 0 spiro atoms. The first-order valence-corrected chi connectivity index (χ1v) is 4.11. The second kappa shape index (κ2) is 3.91. The van der Waals surface area contributed by atoms with Gasteiger partial charge in [0.1, 0.15) is 5.75 Å². The highest BCUT2D eigenvalue weighted by Crippen LogP contribution is 2.28. The first kappa shape index (κ1) is 10.2. The van der Waals surface area contributed by atoms with E-state index in [9.17, 15) is 14.7 Å². The van der Waals surface area contributed by atoms with Crippen LogP contribution in [0.3, 0.4) is 0 Å². The van der Waals surface area contributed by atoms with Gasteiger partial charge in [0.2, 0.25) is 5.91 Å². The van der Waals surface area contributed by atoms with Crippen molar-refractivity contribution < 1.29 is 14.7 Å². The van der Waals surface area contributed by atoms with Crippen LogP contribution in [0.1, 0.15) is 22.8 Å². The van der Waals surface area contributed by atoms with Gasteiger partial charge in [-0.3, -0.25) is 9.59 Å². The molecule has 0 aromatic heterocycles. The van der Waals surface area contributed by atoms with E-state index in [2.05, 4.69) is 5.32 Å². The predicted octanol–water partition coefficient (Wildman–Crippen LogP) is 1.47. The van der Waals surface area contributed by atoms with E-state index in [1.54, 1.807) is 19.1 Å². The molecule has 0 fully saturated rings. The number of phenols is 1. The lowest BCUT2D eigenvalue weighted by atomic mass is 10.1. The molecule has 1 aromatic carbocycles. The van der Waals surface area contributed by atoms with Crippen molar-refractivity contribution in [2.75, 3.05) is 5.32 Å². The Kier molecular flexibility index (Phi) is 2.86. The number of hydrogen-bond donors (Lipinski definition) is 2. The molecule has 4 heteroatoms. The van der Waals surface area contributed by atoms with Crippen LogP contribution in [-0.2, 0) is 4.79 Å². The molecule has 0 bridgehead atoms. The quantitative estimate of drug-likeness (QED) is 0.552. The van der Waals surface area contributed by atoms with Gasteiger partial charge in [0, 0.05) is 6.92 Å². The summed E-state index contributed by atoms with van der Waals surface area (Å²) in [7, 11) is 0. The Bertz CT molecular complexity index is 385. The molecule has 2 N–H and O–H groups in total. The van der Waals surface area contributed by atoms with Crippen molar-refractivity contribution in [3.8, 4) is 5.75 Å². The molecule has 74 valence electrons. The van der Waals surface area contributed by atoms with Crippen LogP contribution in [-0.4, -0.2) is 17.3 Å². The van der Waals surface area contributed by atoms with Crippen LogP contribution >= 0.6 is 0 Å². The zero-order valence-electron chi connectivity index (χ0n) is 8.00. The number of carbonyl (C=O) groups is 2. The molecule has 14 heavy (non-hydrogen) atoms. The zero-order valence-corrected chi connectivity index (χ0v) is 8.00. The Morgan fingerprint density at radius 1 is 1.50 bits per heavy atom. The molecule has 0 unspecified atom stereocenters. The van der Waals surface area contributed by atoms with Gasteiger partial charge in [-0.25, -0.2) is 0 Å². The molecule has 0 aliphatic carbocycles. The Morgan fingerprint density at radius 3 is 2.64 bits per heavy atom. The molecular formula is C10H11NO3. The summed E-state index contributed by atoms with van der Waals surface area (Å²) >= 11 is 0. The molecule has 1 aromatic rings. The summed E-state index contributed by atoms with van der Waals surface area (Å²) in [5.74, 6) is -0.476. The molecule has 0 saturated heterocycles. The Hall–Kier alpha value is -1.84. The Morgan fingerprint density at radius 2 is 2.14 bits per heavy atom. The van der Waals surface area contributed by atoms with Crippen molar-refractivity contribution >= 4 is 17.9 Å². The lowest BCUT2D eigenvalue weighted by Gasteiger charge is -2.08. The number of aldehydes is 1. The van der Waals surface area contributed by atoms with Gasteiger partial charge >= 0.3 is 0 Å². The van der Waals surface area contributed by atoms with E-state index in [0.717, 1.165) is 0 Å².